The molecule has 0 aliphatic carbocycles. The molecule has 1 heterocycles. The van der Waals surface area contributed by atoms with Crippen molar-refractivity contribution in [1.29, 1.82) is 0 Å². The lowest BCUT2D eigenvalue weighted by atomic mass is 10.5. The number of aromatic nitrogens is 1. The molecule has 0 aliphatic heterocycles. The normalized spacial score (nSPS) is 10.6. The van der Waals surface area contributed by atoms with E-state index in [2.05, 4.69) is 20.6 Å². The third-order valence-corrected chi connectivity index (χ3v) is 3.17. The molecule has 0 saturated carbocycles. The summed E-state index contributed by atoms with van der Waals surface area (Å²) in [6.07, 6.45) is 0. The van der Waals surface area contributed by atoms with E-state index in [0.29, 0.717) is 12.5 Å². The van der Waals surface area contributed by atoms with Crippen molar-refractivity contribution in [2.24, 2.45) is 4.99 Å². The number of aliphatic imine (C=N–C) groups is 1. The van der Waals surface area contributed by atoms with Gasteiger partial charge in [0.2, 0.25) is 5.91 Å². The summed E-state index contributed by atoms with van der Waals surface area (Å²) < 4.78 is 0. The van der Waals surface area contributed by atoms with Crippen LogP contribution in [0.2, 0.25) is 0 Å². The Balaban J connectivity index is 0.00000324. The van der Waals surface area contributed by atoms with Gasteiger partial charge in [-0.25, -0.2) is 4.98 Å². The molecule has 0 spiro atoms. The Morgan fingerprint density at radius 2 is 2.16 bits per heavy atom. The molecule has 0 unspecified atom stereocenters. The van der Waals surface area contributed by atoms with Crippen molar-refractivity contribution in [1.82, 2.24) is 20.5 Å². The predicted octanol–water partition coefficient (Wildman–Crippen LogP) is 0.823. The largest absolute Gasteiger partial charge is 0.350 e. The van der Waals surface area contributed by atoms with Gasteiger partial charge in [0.15, 0.2) is 5.96 Å². The summed E-state index contributed by atoms with van der Waals surface area (Å²) in [6.45, 7) is 2.79. The van der Waals surface area contributed by atoms with Crippen LogP contribution in [0.25, 0.3) is 0 Å². The summed E-state index contributed by atoms with van der Waals surface area (Å²) in [5, 5.41) is 9.06. The molecule has 0 bridgehead atoms. The van der Waals surface area contributed by atoms with Crippen LogP contribution < -0.4 is 10.6 Å². The maximum absolute atomic E-state index is 11.4. The van der Waals surface area contributed by atoms with E-state index in [1.54, 1.807) is 32.5 Å². The van der Waals surface area contributed by atoms with Gasteiger partial charge < -0.3 is 15.5 Å². The average molecular weight is 397 g/mol. The summed E-state index contributed by atoms with van der Waals surface area (Å²) in [5.41, 5.74) is 1.02. The molecular weight excluding hydrogens is 377 g/mol. The molecule has 1 aromatic heterocycles. The fourth-order valence-electron chi connectivity index (χ4n) is 1.18. The predicted molar refractivity (Wildman–Crippen MR) is 89.2 cm³/mol. The second-order valence-corrected chi connectivity index (χ2v) is 4.89. The summed E-state index contributed by atoms with van der Waals surface area (Å²) >= 11 is 1.60. The summed E-state index contributed by atoms with van der Waals surface area (Å²) in [4.78, 5) is 21.3. The highest BCUT2D eigenvalue weighted by Gasteiger charge is 2.05. The highest BCUT2D eigenvalue weighted by Crippen LogP contribution is 2.07. The van der Waals surface area contributed by atoms with Crippen LogP contribution >= 0.6 is 35.3 Å². The van der Waals surface area contributed by atoms with Crippen molar-refractivity contribution in [3.8, 4) is 0 Å². The maximum atomic E-state index is 11.4. The van der Waals surface area contributed by atoms with Crippen molar-refractivity contribution in [2.45, 2.75) is 13.5 Å². The molecule has 19 heavy (non-hydrogen) atoms. The third-order valence-electron chi connectivity index (χ3n) is 2.20. The third kappa shape index (κ3) is 6.71. The van der Waals surface area contributed by atoms with E-state index >= 15 is 0 Å². The van der Waals surface area contributed by atoms with E-state index in [1.165, 1.54) is 4.90 Å². The van der Waals surface area contributed by atoms with Gasteiger partial charge in [-0.3, -0.25) is 9.79 Å². The number of halogens is 1. The van der Waals surface area contributed by atoms with Crippen molar-refractivity contribution in [3.05, 3.63) is 16.1 Å². The van der Waals surface area contributed by atoms with E-state index < -0.39 is 0 Å². The van der Waals surface area contributed by atoms with Crippen LogP contribution in [0.1, 0.15) is 10.7 Å². The number of nitrogens with zero attached hydrogens (tertiary/aromatic N) is 3. The highest BCUT2D eigenvalue weighted by molar-refractivity contribution is 14.0. The van der Waals surface area contributed by atoms with E-state index in [0.717, 1.165) is 10.7 Å². The molecule has 0 aliphatic rings. The molecule has 0 fully saturated rings. The SMILES string of the molecule is CN=C(NCC(=O)N(C)C)NCc1nc(C)cs1.I. The van der Waals surface area contributed by atoms with Gasteiger partial charge in [0.25, 0.3) is 0 Å². The Labute approximate surface area is 134 Å². The summed E-state index contributed by atoms with van der Waals surface area (Å²) in [6, 6.07) is 0. The van der Waals surface area contributed by atoms with Crippen molar-refractivity contribution in [3.63, 3.8) is 0 Å². The standard InChI is InChI=1S/C11H19N5OS.HI/c1-8-7-18-9(15-8)5-13-11(12-2)14-6-10(17)16(3)4;/h7H,5-6H2,1-4H3,(H2,12,13,14);1H. The number of guanidine groups is 1. The molecule has 6 nitrogen and oxygen atoms in total. The number of amides is 1. The zero-order chi connectivity index (χ0) is 13.5. The van der Waals surface area contributed by atoms with Gasteiger partial charge in [0, 0.05) is 32.2 Å². The topological polar surface area (TPSA) is 69.6 Å². The van der Waals surface area contributed by atoms with Crippen LogP contribution in [0.15, 0.2) is 10.4 Å². The van der Waals surface area contributed by atoms with Gasteiger partial charge in [0.1, 0.15) is 5.01 Å². The fraction of sp³-hybridized carbons (Fsp3) is 0.545. The van der Waals surface area contributed by atoms with Gasteiger partial charge in [-0.15, -0.1) is 35.3 Å². The van der Waals surface area contributed by atoms with Gasteiger partial charge in [-0.2, -0.15) is 0 Å². The number of hydrogen-bond donors (Lipinski definition) is 2. The smallest absolute Gasteiger partial charge is 0.241 e. The van der Waals surface area contributed by atoms with Crippen molar-refractivity contribution in [2.75, 3.05) is 27.7 Å². The Bertz CT molecular complexity index is 432. The first-order valence-corrected chi connectivity index (χ1v) is 6.46. The molecule has 2 N–H and O–H groups in total. The Kier molecular flexibility index (Phi) is 8.65. The zero-order valence-electron chi connectivity index (χ0n) is 11.6. The Morgan fingerprint density at radius 3 is 2.63 bits per heavy atom. The van der Waals surface area contributed by atoms with Crippen LogP contribution in [0.4, 0.5) is 0 Å². The van der Waals surface area contributed by atoms with Crippen LogP contribution in [-0.2, 0) is 11.3 Å². The van der Waals surface area contributed by atoms with Crippen LogP contribution in [0.5, 0.6) is 0 Å². The van der Waals surface area contributed by atoms with Gasteiger partial charge in [0.05, 0.1) is 13.1 Å². The first-order valence-electron chi connectivity index (χ1n) is 5.58. The van der Waals surface area contributed by atoms with E-state index in [9.17, 15) is 4.79 Å². The molecule has 108 valence electrons. The fourth-order valence-corrected chi connectivity index (χ4v) is 1.89. The minimum Gasteiger partial charge on any atom is -0.350 e. The summed E-state index contributed by atoms with van der Waals surface area (Å²) in [5.74, 6) is 0.598. The first kappa shape index (κ1) is 18.1. The maximum Gasteiger partial charge on any atom is 0.241 e. The molecule has 1 rings (SSSR count). The lowest BCUT2D eigenvalue weighted by Gasteiger charge is -2.13. The van der Waals surface area contributed by atoms with E-state index in [-0.39, 0.29) is 36.4 Å². The number of thiazole rings is 1. The minimum atomic E-state index is 0. The number of likely N-dealkylation sites (N-methyl/N-ethyl adjacent to an activating group) is 1. The van der Waals surface area contributed by atoms with E-state index in [4.69, 9.17) is 0 Å². The number of aryl methyl sites for hydroxylation is 1. The molecule has 0 radical (unpaired) electrons. The highest BCUT2D eigenvalue weighted by atomic mass is 127. The lowest BCUT2D eigenvalue weighted by Crippen LogP contribution is -2.42. The molecule has 8 heteroatoms. The van der Waals surface area contributed by atoms with Crippen LogP contribution in [0.3, 0.4) is 0 Å². The number of carbonyl (C=O) groups excluding carboxylic acids is 1. The molecular formula is C11H20IN5OS. The lowest BCUT2D eigenvalue weighted by molar-refractivity contribution is -0.127. The second kappa shape index (κ2) is 9.08. The number of hydrogen-bond acceptors (Lipinski definition) is 4. The second-order valence-electron chi connectivity index (χ2n) is 3.95. The Morgan fingerprint density at radius 1 is 1.47 bits per heavy atom. The van der Waals surface area contributed by atoms with E-state index in [1.807, 2.05) is 12.3 Å². The van der Waals surface area contributed by atoms with Crippen molar-refractivity contribution < 1.29 is 4.79 Å². The zero-order valence-corrected chi connectivity index (χ0v) is 14.7. The number of rotatable bonds is 4. The summed E-state index contributed by atoms with van der Waals surface area (Å²) in [7, 11) is 5.11. The quantitative estimate of drug-likeness (QED) is 0.449. The van der Waals surface area contributed by atoms with Crippen molar-refractivity contribution >= 4 is 47.2 Å². The minimum absolute atomic E-state index is 0. The Hall–Kier alpha value is -0.900. The van der Waals surface area contributed by atoms with Crippen LogP contribution in [0, 0.1) is 6.92 Å². The molecule has 0 aromatic carbocycles. The van der Waals surface area contributed by atoms with Gasteiger partial charge >= 0.3 is 0 Å². The number of nitrogens with one attached hydrogen (secondary N) is 2. The monoisotopic (exact) mass is 397 g/mol. The first-order chi connectivity index (χ1) is 8.52. The van der Waals surface area contributed by atoms with Gasteiger partial charge in [-0.1, -0.05) is 0 Å². The average Bonchev–Trinajstić information content (AvgIpc) is 2.74. The number of carbonyl (C=O) groups is 1. The molecule has 0 saturated heterocycles. The molecule has 0 atom stereocenters. The molecule has 1 aromatic rings. The van der Waals surface area contributed by atoms with Crippen LogP contribution in [-0.4, -0.2) is 49.4 Å². The van der Waals surface area contributed by atoms with Gasteiger partial charge in [-0.05, 0) is 6.92 Å². The molecule has 1 amide bonds.